The van der Waals surface area contributed by atoms with Gasteiger partial charge in [-0.15, -0.1) is 5.10 Å². The third-order valence-electron chi connectivity index (χ3n) is 7.98. The van der Waals surface area contributed by atoms with Crippen LogP contribution >= 0.6 is 23.2 Å². The molecule has 4 aromatic heterocycles. The standard InChI is InChI=1S/C34H36Cl2N8O3/c1-19(2)39-15-20-8-10-26(41-34(20)47-4)25-7-5-6-23(30(25)35)24-12-13-38-32(31(24)36)21-14-27(46-3)33-42-28(43-44(33)18-21)17-37-16-22-9-11-29(45)40-22/h5-8,10,12-14,18-19,22,37,39H,9,11,15-17H2,1-4H3,(H,40,45)/t22-/m0/s1. The summed E-state index contributed by atoms with van der Waals surface area (Å²) in [6.07, 6.45) is 4.91. The van der Waals surface area contributed by atoms with Crippen LogP contribution in [-0.4, -0.2) is 63.3 Å². The Hall–Kier alpha value is -4.29. The van der Waals surface area contributed by atoms with Crippen molar-refractivity contribution in [3.63, 3.8) is 0 Å². The summed E-state index contributed by atoms with van der Waals surface area (Å²) in [5, 5.41) is 15.3. The Balaban J connectivity index is 1.30. The highest BCUT2D eigenvalue weighted by Crippen LogP contribution is 2.42. The number of fused-ring (bicyclic) bond motifs is 1. The van der Waals surface area contributed by atoms with Gasteiger partial charge in [0, 0.05) is 71.8 Å². The van der Waals surface area contributed by atoms with E-state index in [9.17, 15) is 4.79 Å². The Labute approximate surface area is 283 Å². The molecule has 1 aromatic carbocycles. The first-order valence-electron chi connectivity index (χ1n) is 15.4. The van der Waals surface area contributed by atoms with Crippen LogP contribution < -0.4 is 25.4 Å². The van der Waals surface area contributed by atoms with Crippen molar-refractivity contribution in [2.24, 2.45) is 0 Å². The molecule has 0 unspecified atom stereocenters. The Morgan fingerprint density at radius 2 is 1.83 bits per heavy atom. The molecule has 1 fully saturated rings. The van der Waals surface area contributed by atoms with Gasteiger partial charge in [-0.25, -0.2) is 14.5 Å². The largest absolute Gasteiger partial charge is 0.493 e. The summed E-state index contributed by atoms with van der Waals surface area (Å²) in [6, 6.07) is 13.9. The van der Waals surface area contributed by atoms with Gasteiger partial charge in [-0.1, -0.05) is 61.3 Å². The molecule has 1 aliphatic rings. The first-order chi connectivity index (χ1) is 22.7. The number of nitrogens with zero attached hydrogens (tertiary/aromatic N) is 5. The van der Waals surface area contributed by atoms with Gasteiger partial charge in [0.25, 0.3) is 0 Å². The van der Waals surface area contributed by atoms with Crippen molar-refractivity contribution < 1.29 is 14.3 Å². The fourth-order valence-corrected chi connectivity index (χ4v) is 6.23. The van der Waals surface area contributed by atoms with Crippen LogP contribution in [-0.2, 0) is 17.9 Å². The molecule has 0 aliphatic carbocycles. The van der Waals surface area contributed by atoms with Crippen molar-refractivity contribution in [1.82, 2.24) is 40.5 Å². The molecule has 6 rings (SSSR count). The van der Waals surface area contributed by atoms with Gasteiger partial charge in [-0.2, -0.15) is 0 Å². The molecule has 1 saturated heterocycles. The summed E-state index contributed by atoms with van der Waals surface area (Å²) in [6.45, 7) is 5.91. The molecule has 3 N–H and O–H groups in total. The molecule has 5 heterocycles. The van der Waals surface area contributed by atoms with Gasteiger partial charge < -0.3 is 25.4 Å². The molecule has 1 atom stereocenters. The van der Waals surface area contributed by atoms with Gasteiger partial charge in [-0.3, -0.25) is 9.78 Å². The van der Waals surface area contributed by atoms with Gasteiger partial charge in [0.15, 0.2) is 17.2 Å². The van der Waals surface area contributed by atoms with E-state index in [2.05, 4.69) is 44.9 Å². The third kappa shape index (κ3) is 7.03. The van der Waals surface area contributed by atoms with Crippen molar-refractivity contribution in [3.05, 3.63) is 76.3 Å². The third-order valence-corrected chi connectivity index (χ3v) is 8.77. The van der Waals surface area contributed by atoms with Crippen LogP contribution in [0.15, 0.2) is 54.9 Å². The van der Waals surface area contributed by atoms with Gasteiger partial charge >= 0.3 is 0 Å². The molecule has 5 aromatic rings. The number of ether oxygens (including phenoxy) is 2. The highest BCUT2D eigenvalue weighted by molar-refractivity contribution is 6.39. The molecule has 0 radical (unpaired) electrons. The molecule has 11 nitrogen and oxygen atoms in total. The molecule has 13 heteroatoms. The van der Waals surface area contributed by atoms with E-state index < -0.39 is 0 Å². The van der Waals surface area contributed by atoms with Crippen LogP contribution in [0.2, 0.25) is 10.0 Å². The fraction of sp³-hybridized carbons (Fsp3) is 0.324. The zero-order valence-corrected chi connectivity index (χ0v) is 28.1. The van der Waals surface area contributed by atoms with Crippen LogP contribution in [0.5, 0.6) is 11.6 Å². The molecular weight excluding hydrogens is 639 g/mol. The van der Waals surface area contributed by atoms with E-state index >= 15 is 0 Å². The zero-order chi connectivity index (χ0) is 33.1. The molecule has 0 saturated carbocycles. The number of carbonyl (C=O) groups excluding carboxylic acids is 1. The van der Waals surface area contributed by atoms with Crippen molar-refractivity contribution in [3.8, 4) is 45.3 Å². The number of rotatable bonds is 12. The number of halogens is 2. The summed E-state index contributed by atoms with van der Waals surface area (Å²) >= 11 is 14.1. The lowest BCUT2D eigenvalue weighted by atomic mass is 10.00. The number of carbonyl (C=O) groups is 1. The molecule has 0 spiro atoms. The van der Waals surface area contributed by atoms with E-state index in [0.29, 0.717) is 82.2 Å². The van der Waals surface area contributed by atoms with E-state index in [1.807, 2.05) is 48.7 Å². The monoisotopic (exact) mass is 674 g/mol. The number of benzene rings is 1. The number of amides is 1. The Morgan fingerprint density at radius 1 is 1.02 bits per heavy atom. The molecule has 0 bridgehead atoms. The van der Waals surface area contributed by atoms with Gasteiger partial charge in [0.1, 0.15) is 0 Å². The van der Waals surface area contributed by atoms with Crippen LogP contribution in [0.4, 0.5) is 0 Å². The minimum Gasteiger partial charge on any atom is -0.493 e. The van der Waals surface area contributed by atoms with Crippen molar-refractivity contribution in [2.75, 3.05) is 20.8 Å². The number of hydrogen-bond donors (Lipinski definition) is 3. The molecule has 1 aliphatic heterocycles. The van der Waals surface area contributed by atoms with Gasteiger partial charge in [0.05, 0.1) is 42.2 Å². The maximum absolute atomic E-state index is 11.5. The first-order valence-corrected chi connectivity index (χ1v) is 16.2. The lowest BCUT2D eigenvalue weighted by Crippen LogP contribution is -2.35. The number of hydrogen-bond acceptors (Lipinski definition) is 9. The van der Waals surface area contributed by atoms with E-state index in [-0.39, 0.29) is 11.9 Å². The summed E-state index contributed by atoms with van der Waals surface area (Å²) in [7, 11) is 3.20. The SMILES string of the molecule is COc1nc(-c2cccc(-c3ccnc(-c4cc(OC)c5nc(CNC[C@@H]6CCC(=O)N6)nn5c4)c3Cl)c2Cl)ccc1CNC(C)C. The lowest BCUT2D eigenvalue weighted by molar-refractivity contribution is -0.119. The molecule has 47 heavy (non-hydrogen) atoms. The quantitative estimate of drug-likeness (QED) is 0.152. The maximum Gasteiger partial charge on any atom is 0.220 e. The second kappa shape index (κ2) is 14.2. The molecule has 244 valence electrons. The average Bonchev–Trinajstić information content (AvgIpc) is 3.68. The topological polar surface area (TPSA) is 128 Å². The van der Waals surface area contributed by atoms with Gasteiger partial charge in [-0.05, 0) is 24.6 Å². The summed E-state index contributed by atoms with van der Waals surface area (Å²) in [4.78, 5) is 25.5. The van der Waals surface area contributed by atoms with E-state index in [1.54, 1.807) is 24.9 Å². The van der Waals surface area contributed by atoms with E-state index in [4.69, 9.17) is 37.7 Å². The van der Waals surface area contributed by atoms with Crippen LogP contribution in [0.25, 0.3) is 39.3 Å². The predicted octanol–water partition coefficient (Wildman–Crippen LogP) is 5.71. The van der Waals surface area contributed by atoms with E-state index in [1.165, 1.54) is 0 Å². The average molecular weight is 676 g/mol. The lowest BCUT2D eigenvalue weighted by Gasteiger charge is -2.15. The number of methoxy groups -OCH3 is 2. The van der Waals surface area contributed by atoms with Crippen molar-refractivity contribution in [1.29, 1.82) is 0 Å². The zero-order valence-electron chi connectivity index (χ0n) is 26.6. The molecular formula is C34H36Cl2N8O3. The maximum atomic E-state index is 11.5. The summed E-state index contributed by atoms with van der Waals surface area (Å²) in [5.74, 6) is 1.75. The van der Waals surface area contributed by atoms with E-state index in [0.717, 1.165) is 28.7 Å². The minimum atomic E-state index is 0.0871. The predicted molar refractivity (Wildman–Crippen MR) is 183 cm³/mol. The number of nitrogens with one attached hydrogen (secondary N) is 3. The highest BCUT2D eigenvalue weighted by Gasteiger charge is 2.22. The fourth-order valence-electron chi connectivity index (χ4n) is 5.58. The Bertz CT molecular complexity index is 1930. The molecule has 1 amide bonds. The highest BCUT2D eigenvalue weighted by atomic mass is 35.5. The second-order valence-electron chi connectivity index (χ2n) is 11.6. The van der Waals surface area contributed by atoms with Gasteiger partial charge in [0.2, 0.25) is 11.8 Å². The summed E-state index contributed by atoms with van der Waals surface area (Å²) in [5.41, 5.74) is 5.66. The normalized spacial score (nSPS) is 14.6. The first kappa shape index (κ1) is 32.6. The Morgan fingerprint density at radius 3 is 2.57 bits per heavy atom. The smallest absolute Gasteiger partial charge is 0.220 e. The Kier molecular flexibility index (Phi) is 9.88. The second-order valence-corrected chi connectivity index (χ2v) is 12.4. The number of aromatic nitrogens is 5. The van der Waals surface area contributed by atoms with Crippen LogP contribution in [0.3, 0.4) is 0 Å². The van der Waals surface area contributed by atoms with Crippen LogP contribution in [0, 0.1) is 0 Å². The van der Waals surface area contributed by atoms with Crippen LogP contribution in [0.1, 0.15) is 38.1 Å². The number of pyridine rings is 3. The van der Waals surface area contributed by atoms with Crippen molar-refractivity contribution in [2.45, 2.75) is 51.9 Å². The summed E-state index contributed by atoms with van der Waals surface area (Å²) < 4.78 is 13.0. The van der Waals surface area contributed by atoms with Crippen molar-refractivity contribution >= 4 is 34.8 Å². The minimum absolute atomic E-state index is 0.0871.